The van der Waals surface area contributed by atoms with E-state index in [1.807, 2.05) is 44.2 Å². The molecular formula is C12H16Cl2O. The maximum Gasteiger partial charge on any atom is 0.110 e. The minimum Gasteiger partial charge on any atom is -0.371 e. The van der Waals surface area contributed by atoms with Gasteiger partial charge in [0, 0.05) is 6.42 Å². The van der Waals surface area contributed by atoms with Gasteiger partial charge in [0.2, 0.25) is 0 Å². The van der Waals surface area contributed by atoms with E-state index in [0.717, 1.165) is 5.56 Å². The van der Waals surface area contributed by atoms with Gasteiger partial charge in [0.25, 0.3) is 0 Å². The van der Waals surface area contributed by atoms with Crippen LogP contribution in [-0.2, 0) is 4.74 Å². The third-order valence-electron chi connectivity index (χ3n) is 2.00. The van der Waals surface area contributed by atoms with E-state index in [1.165, 1.54) is 0 Å². The number of ether oxygens (including phenoxy) is 1. The molecule has 1 atom stereocenters. The predicted octanol–water partition coefficient (Wildman–Crippen LogP) is 4.35. The van der Waals surface area contributed by atoms with E-state index < -0.39 is 4.84 Å². The molecule has 0 saturated heterocycles. The topological polar surface area (TPSA) is 9.23 Å². The Hall–Kier alpha value is -0.240. The lowest BCUT2D eigenvalue weighted by Gasteiger charge is -2.21. The highest BCUT2D eigenvalue weighted by Crippen LogP contribution is 2.27. The van der Waals surface area contributed by atoms with Gasteiger partial charge < -0.3 is 4.74 Å². The van der Waals surface area contributed by atoms with Crippen LogP contribution in [0.1, 0.15) is 31.9 Å². The maximum atomic E-state index is 5.79. The maximum absolute atomic E-state index is 5.79. The summed E-state index contributed by atoms with van der Waals surface area (Å²) in [5.74, 6) is 0. The van der Waals surface area contributed by atoms with Crippen LogP contribution in [0.2, 0.25) is 0 Å². The van der Waals surface area contributed by atoms with Crippen LogP contribution in [0.25, 0.3) is 0 Å². The van der Waals surface area contributed by atoms with Crippen molar-refractivity contribution in [2.75, 3.05) is 0 Å². The van der Waals surface area contributed by atoms with E-state index in [-0.39, 0.29) is 12.2 Å². The third kappa shape index (κ3) is 4.87. The summed E-state index contributed by atoms with van der Waals surface area (Å²) in [5, 5.41) is 0. The Morgan fingerprint density at radius 1 is 1.13 bits per heavy atom. The van der Waals surface area contributed by atoms with Gasteiger partial charge in [0.1, 0.15) is 4.84 Å². The summed E-state index contributed by atoms with van der Waals surface area (Å²) in [7, 11) is 0. The summed E-state index contributed by atoms with van der Waals surface area (Å²) in [4.78, 5) is -0.394. The molecule has 1 aromatic rings. The smallest absolute Gasteiger partial charge is 0.110 e. The van der Waals surface area contributed by atoms with E-state index in [1.54, 1.807) is 0 Å². The molecule has 1 nitrogen and oxygen atoms in total. The first-order valence-electron chi connectivity index (χ1n) is 5.08. The fourth-order valence-corrected chi connectivity index (χ4v) is 1.75. The zero-order chi connectivity index (χ0) is 11.3. The molecule has 15 heavy (non-hydrogen) atoms. The lowest BCUT2D eigenvalue weighted by Crippen LogP contribution is -2.13. The molecule has 3 heteroatoms. The Kier molecular flexibility index (Phi) is 5.44. The molecule has 0 bridgehead atoms. The van der Waals surface area contributed by atoms with Gasteiger partial charge in [-0.05, 0) is 19.4 Å². The van der Waals surface area contributed by atoms with E-state index >= 15 is 0 Å². The van der Waals surface area contributed by atoms with E-state index in [0.29, 0.717) is 6.42 Å². The second-order valence-corrected chi connectivity index (χ2v) is 4.99. The van der Waals surface area contributed by atoms with Crippen molar-refractivity contribution in [3.8, 4) is 0 Å². The molecule has 1 aromatic carbocycles. The molecule has 0 spiro atoms. The molecule has 0 heterocycles. The van der Waals surface area contributed by atoms with Gasteiger partial charge in [-0.3, -0.25) is 0 Å². The molecule has 0 aliphatic carbocycles. The van der Waals surface area contributed by atoms with Crippen molar-refractivity contribution in [1.29, 1.82) is 0 Å². The zero-order valence-corrected chi connectivity index (χ0v) is 10.5. The van der Waals surface area contributed by atoms with Crippen molar-refractivity contribution < 1.29 is 4.74 Å². The third-order valence-corrected chi connectivity index (χ3v) is 2.36. The SMILES string of the molecule is CC(C)OC(CC(Cl)Cl)c1ccccc1. The quantitative estimate of drug-likeness (QED) is 0.703. The van der Waals surface area contributed by atoms with Gasteiger partial charge in [-0.25, -0.2) is 0 Å². The minimum atomic E-state index is -0.394. The van der Waals surface area contributed by atoms with Crippen LogP contribution in [-0.4, -0.2) is 10.9 Å². The van der Waals surface area contributed by atoms with E-state index in [9.17, 15) is 0 Å². The standard InChI is InChI=1S/C12H16Cl2O/c1-9(2)15-11(8-12(13)14)10-6-4-3-5-7-10/h3-7,9,11-12H,8H2,1-2H3. The predicted molar refractivity (Wildman–Crippen MR) is 65.5 cm³/mol. The number of rotatable bonds is 5. The van der Waals surface area contributed by atoms with Gasteiger partial charge in [0.05, 0.1) is 12.2 Å². The largest absolute Gasteiger partial charge is 0.371 e. The summed E-state index contributed by atoms with van der Waals surface area (Å²) in [6, 6.07) is 10.0. The molecule has 0 aliphatic heterocycles. The van der Waals surface area contributed by atoms with Gasteiger partial charge in [-0.2, -0.15) is 0 Å². The average Bonchev–Trinajstić information content (AvgIpc) is 2.17. The highest BCUT2D eigenvalue weighted by atomic mass is 35.5. The molecule has 1 rings (SSSR count). The van der Waals surface area contributed by atoms with Crippen molar-refractivity contribution in [2.24, 2.45) is 0 Å². The monoisotopic (exact) mass is 246 g/mol. The Balaban J connectivity index is 2.72. The number of benzene rings is 1. The molecule has 0 aromatic heterocycles. The summed E-state index contributed by atoms with van der Waals surface area (Å²) in [5.41, 5.74) is 1.12. The first-order valence-corrected chi connectivity index (χ1v) is 5.95. The van der Waals surface area contributed by atoms with Crippen molar-refractivity contribution in [3.63, 3.8) is 0 Å². The van der Waals surface area contributed by atoms with Crippen LogP contribution in [0.5, 0.6) is 0 Å². The van der Waals surface area contributed by atoms with Crippen molar-refractivity contribution in [3.05, 3.63) is 35.9 Å². The Bertz CT molecular complexity index is 262. The van der Waals surface area contributed by atoms with Crippen LogP contribution >= 0.6 is 23.2 Å². The molecule has 84 valence electrons. The second-order valence-electron chi connectivity index (χ2n) is 3.71. The van der Waals surface area contributed by atoms with E-state index in [4.69, 9.17) is 27.9 Å². The number of halogens is 2. The molecule has 1 unspecified atom stereocenters. The first-order chi connectivity index (χ1) is 7.09. The zero-order valence-electron chi connectivity index (χ0n) is 8.99. The van der Waals surface area contributed by atoms with Gasteiger partial charge in [-0.1, -0.05) is 30.3 Å². The number of hydrogen-bond acceptors (Lipinski definition) is 1. The molecular weight excluding hydrogens is 231 g/mol. The average molecular weight is 247 g/mol. The summed E-state index contributed by atoms with van der Waals surface area (Å²) in [6.07, 6.45) is 0.763. The normalized spacial score (nSPS) is 13.5. The summed E-state index contributed by atoms with van der Waals surface area (Å²) in [6.45, 7) is 4.01. The van der Waals surface area contributed by atoms with Gasteiger partial charge >= 0.3 is 0 Å². The lowest BCUT2D eigenvalue weighted by molar-refractivity contribution is 0.00374. The first kappa shape index (κ1) is 12.8. The molecule has 0 aliphatic rings. The van der Waals surface area contributed by atoms with Crippen molar-refractivity contribution >= 4 is 23.2 Å². The van der Waals surface area contributed by atoms with E-state index in [2.05, 4.69) is 0 Å². The lowest BCUT2D eigenvalue weighted by atomic mass is 10.1. The minimum absolute atomic E-state index is 0.0220. The fraction of sp³-hybridized carbons (Fsp3) is 0.500. The van der Waals surface area contributed by atoms with Crippen LogP contribution < -0.4 is 0 Å². The molecule has 0 saturated carbocycles. The highest BCUT2D eigenvalue weighted by molar-refractivity contribution is 6.44. The van der Waals surface area contributed by atoms with Gasteiger partial charge in [0.15, 0.2) is 0 Å². The molecule has 0 amide bonds. The molecule has 0 radical (unpaired) electrons. The Morgan fingerprint density at radius 3 is 2.20 bits per heavy atom. The van der Waals surface area contributed by atoms with Crippen LogP contribution in [0.3, 0.4) is 0 Å². The Morgan fingerprint density at radius 2 is 1.73 bits per heavy atom. The number of alkyl halides is 2. The van der Waals surface area contributed by atoms with Crippen molar-refractivity contribution in [2.45, 2.75) is 37.3 Å². The summed E-state index contributed by atoms with van der Waals surface area (Å²) >= 11 is 11.6. The van der Waals surface area contributed by atoms with Crippen LogP contribution in [0, 0.1) is 0 Å². The highest BCUT2D eigenvalue weighted by Gasteiger charge is 2.16. The van der Waals surface area contributed by atoms with Crippen LogP contribution in [0.4, 0.5) is 0 Å². The van der Waals surface area contributed by atoms with Gasteiger partial charge in [-0.15, -0.1) is 23.2 Å². The second kappa shape index (κ2) is 6.37. The molecule has 0 fully saturated rings. The van der Waals surface area contributed by atoms with Crippen LogP contribution in [0.15, 0.2) is 30.3 Å². The Labute approximate surface area is 101 Å². The number of hydrogen-bond donors (Lipinski definition) is 0. The molecule has 0 N–H and O–H groups in total. The van der Waals surface area contributed by atoms with Crippen molar-refractivity contribution in [1.82, 2.24) is 0 Å². The fourth-order valence-electron chi connectivity index (χ4n) is 1.43. The summed E-state index contributed by atoms with van der Waals surface area (Å²) < 4.78 is 5.78.